The molecule has 1 aromatic heterocycles. The van der Waals surface area contributed by atoms with Gasteiger partial charge < -0.3 is 5.11 Å². The average molecular weight is 352 g/mol. The fraction of sp³-hybridized carbons (Fsp3) is 0.333. The Balaban J connectivity index is 1.57. The molecule has 3 nitrogen and oxygen atoms in total. The van der Waals surface area contributed by atoms with Gasteiger partial charge in [0.25, 0.3) is 0 Å². The van der Waals surface area contributed by atoms with Gasteiger partial charge in [-0.15, -0.1) is 11.3 Å². The van der Waals surface area contributed by atoms with E-state index < -0.39 is 5.97 Å². The van der Waals surface area contributed by atoms with Crippen LogP contribution in [0.3, 0.4) is 0 Å². The number of ketones is 1. The van der Waals surface area contributed by atoms with E-state index in [1.807, 2.05) is 36.4 Å². The van der Waals surface area contributed by atoms with E-state index >= 15 is 0 Å². The van der Waals surface area contributed by atoms with E-state index in [-0.39, 0.29) is 11.8 Å². The average Bonchev–Trinajstić information content (AvgIpc) is 3.22. The van der Waals surface area contributed by atoms with Crippen molar-refractivity contribution in [2.45, 2.75) is 32.1 Å². The number of benzene rings is 1. The molecule has 1 aliphatic rings. The molecule has 0 aliphatic heterocycles. The van der Waals surface area contributed by atoms with Crippen molar-refractivity contribution in [1.82, 2.24) is 0 Å². The van der Waals surface area contributed by atoms with E-state index in [0.29, 0.717) is 17.1 Å². The maximum atomic E-state index is 12.2. The van der Waals surface area contributed by atoms with Gasteiger partial charge >= 0.3 is 5.97 Å². The summed E-state index contributed by atoms with van der Waals surface area (Å²) in [5.41, 5.74) is 0.986. The fourth-order valence-corrected chi connectivity index (χ4v) is 4.15. The monoisotopic (exact) mass is 352 g/mol. The first-order valence-electron chi connectivity index (χ1n) is 8.55. The number of hydrogen-bond donors (Lipinski definition) is 1. The lowest BCUT2D eigenvalue weighted by Gasteiger charge is -2.12. The minimum absolute atomic E-state index is 0.0233. The van der Waals surface area contributed by atoms with Gasteiger partial charge in [-0.25, -0.2) is 4.79 Å². The first-order chi connectivity index (χ1) is 12.1. The second-order valence-corrected chi connectivity index (χ2v) is 7.49. The SMILES string of the molecule is O=C(O)c1ccc(CCCC2C(=O)CCC2C#Cc2ccccc2)s1. The smallest absolute Gasteiger partial charge is 0.345 e. The predicted octanol–water partition coefficient (Wildman–Crippen LogP) is 4.42. The van der Waals surface area contributed by atoms with Crippen LogP contribution in [0.2, 0.25) is 0 Å². The molecule has 0 bridgehead atoms. The van der Waals surface area contributed by atoms with Gasteiger partial charge in [0.05, 0.1) is 0 Å². The largest absolute Gasteiger partial charge is 0.477 e. The molecule has 128 valence electrons. The second-order valence-electron chi connectivity index (χ2n) is 6.32. The summed E-state index contributed by atoms with van der Waals surface area (Å²) in [6.45, 7) is 0. The lowest BCUT2D eigenvalue weighted by Crippen LogP contribution is -2.13. The molecule has 0 radical (unpaired) electrons. The van der Waals surface area contributed by atoms with Crippen molar-refractivity contribution in [3.63, 3.8) is 0 Å². The van der Waals surface area contributed by atoms with Crippen molar-refractivity contribution < 1.29 is 14.7 Å². The van der Waals surface area contributed by atoms with Crippen LogP contribution in [-0.2, 0) is 11.2 Å². The van der Waals surface area contributed by atoms with Crippen molar-refractivity contribution >= 4 is 23.1 Å². The molecule has 1 aliphatic carbocycles. The molecule has 0 amide bonds. The lowest BCUT2D eigenvalue weighted by atomic mass is 9.90. The van der Waals surface area contributed by atoms with Crippen LogP contribution >= 0.6 is 11.3 Å². The Morgan fingerprint density at radius 2 is 2.00 bits per heavy atom. The van der Waals surface area contributed by atoms with Crippen LogP contribution in [0.15, 0.2) is 42.5 Å². The van der Waals surface area contributed by atoms with Gasteiger partial charge in [-0.05, 0) is 49.9 Å². The van der Waals surface area contributed by atoms with Gasteiger partial charge in [0, 0.05) is 28.7 Å². The van der Waals surface area contributed by atoms with Crippen LogP contribution in [0.4, 0.5) is 0 Å². The molecule has 1 heterocycles. The van der Waals surface area contributed by atoms with Gasteiger partial charge in [0.1, 0.15) is 10.7 Å². The maximum Gasteiger partial charge on any atom is 0.345 e. The summed E-state index contributed by atoms with van der Waals surface area (Å²) >= 11 is 1.32. The zero-order chi connectivity index (χ0) is 17.6. The molecule has 1 aromatic carbocycles. The molecular weight excluding hydrogens is 332 g/mol. The highest BCUT2D eigenvalue weighted by Crippen LogP contribution is 2.32. The zero-order valence-corrected chi connectivity index (χ0v) is 14.7. The number of Topliss-reactive ketones (excluding diaryl/α,β-unsaturated/α-hetero) is 1. The molecule has 1 saturated carbocycles. The Hall–Kier alpha value is -2.38. The van der Waals surface area contributed by atoms with Crippen molar-refractivity contribution in [2.24, 2.45) is 11.8 Å². The Morgan fingerprint density at radius 3 is 2.72 bits per heavy atom. The van der Waals surface area contributed by atoms with Crippen LogP contribution in [0.1, 0.15) is 45.8 Å². The Labute approximate surface area is 151 Å². The summed E-state index contributed by atoms with van der Waals surface area (Å²) in [7, 11) is 0. The molecule has 3 rings (SSSR count). The van der Waals surface area contributed by atoms with Gasteiger partial charge in [0.15, 0.2) is 0 Å². The number of carbonyl (C=O) groups is 2. The Bertz CT molecular complexity index is 810. The number of hydrogen-bond acceptors (Lipinski definition) is 3. The third-order valence-electron chi connectivity index (χ3n) is 4.59. The van der Waals surface area contributed by atoms with E-state index in [1.165, 1.54) is 11.3 Å². The number of aryl methyl sites for hydroxylation is 1. The molecule has 2 unspecified atom stereocenters. The van der Waals surface area contributed by atoms with Gasteiger partial charge in [0.2, 0.25) is 0 Å². The predicted molar refractivity (Wildman–Crippen MR) is 98.8 cm³/mol. The van der Waals surface area contributed by atoms with Crippen LogP contribution in [0.5, 0.6) is 0 Å². The standard InChI is InChI=1S/C21H20O3S/c22-19-13-11-16(10-9-15-5-2-1-3-6-15)18(19)8-4-7-17-12-14-20(25-17)21(23)24/h1-3,5-6,12,14,16,18H,4,7-8,11,13H2,(H,23,24). The molecule has 0 saturated heterocycles. The minimum Gasteiger partial charge on any atom is -0.477 e. The first-order valence-corrected chi connectivity index (χ1v) is 9.36. The third kappa shape index (κ3) is 4.58. The van der Waals surface area contributed by atoms with E-state index in [1.54, 1.807) is 6.07 Å². The van der Waals surface area contributed by atoms with E-state index in [0.717, 1.165) is 36.1 Å². The number of rotatable bonds is 5. The molecule has 1 fully saturated rings. The highest BCUT2D eigenvalue weighted by molar-refractivity contribution is 7.13. The number of carboxylic acids is 1. The van der Waals surface area contributed by atoms with Crippen molar-refractivity contribution in [3.05, 3.63) is 57.8 Å². The highest BCUT2D eigenvalue weighted by Gasteiger charge is 2.32. The summed E-state index contributed by atoms with van der Waals surface area (Å²) in [5, 5.41) is 8.97. The van der Waals surface area contributed by atoms with Gasteiger partial charge in [-0.3, -0.25) is 4.79 Å². The summed E-state index contributed by atoms with van der Waals surface area (Å²) in [6, 6.07) is 13.4. The summed E-state index contributed by atoms with van der Waals surface area (Å²) in [6.07, 6.45) is 4.01. The normalized spacial score (nSPS) is 19.4. The van der Waals surface area contributed by atoms with Gasteiger partial charge in [-0.1, -0.05) is 30.0 Å². The van der Waals surface area contributed by atoms with Crippen molar-refractivity contribution in [1.29, 1.82) is 0 Å². The quantitative estimate of drug-likeness (QED) is 0.811. The number of aromatic carboxylic acids is 1. The van der Waals surface area contributed by atoms with E-state index in [2.05, 4.69) is 11.8 Å². The second kappa shape index (κ2) is 8.13. The van der Waals surface area contributed by atoms with E-state index in [4.69, 9.17) is 5.11 Å². The molecule has 2 aromatic rings. The fourth-order valence-electron chi connectivity index (χ4n) is 3.26. The van der Waals surface area contributed by atoms with Crippen LogP contribution in [0, 0.1) is 23.7 Å². The van der Waals surface area contributed by atoms with Crippen molar-refractivity contribution in [3.8, 4) is 11.8 Å². The maximum absolute atomic E-state index is 12.2. The van der Waals surface area contributed by atoms with Gasteiger partial charge in [-0.2, -0.15) is 0 Å². The minimum atomic E-state index is -0.876. The van der Waals surface area contributed by atoms with Crippen LogP contribution in [0.25, 0.3) is 0 Å². The van der Waals surface area contributed by atoms with Crippen LogP contribution in [-0.4, -0.2) is 16.9 Å². The molecular formula is C21H20O3S. The summed E-state index contributed by atoms with van der Waals surface area (Å²) < 4.78 is 0. The molecule has 25 heavy (non-hydrogen) atoms. The third-order valence-corrected chi connectivity index (χ3v) is 5.72. The number of thiophene rings is 1. The van der Waals surface area contributed by atoms with E-state index in [9.17, 15) is 9.59 Å². The molecule has 1 N–H and O–H groups in total. The zero-order valence-electron chi connectivity index (χ0n) is 13.9. The Morgan fingerprint density at radius 1 is 1.20 bits per heavy atom. The summed E-state index contributed by atoms with van der Waals surface area (Å²) in [4.78, 5) is 24.5. The van der Waals surface area contributed by atoms with Crippen LogP contribution < -0.4 is 0 Å². The lowest BCUT2D eigenvalue weighted by molar-refractivity contribution is -0.121. The molecule has 4 heteroatoms. The molecule has 2 atom stereocenters. The molecule has 0 spiro atoms. The highest BCUT2D eigenvalue weighted by atomic mass is 32.1. The topological polar surface area (TPSA) is 54.4 Å². The summed E-state index contributed by atoms with van der Waals surface area (Å²) in [5.74, 6) is 6.11. The van der Waals surface area contributed by atoms with Crippen molar-refractivity contribution in [2.75, 3.05) is 0 Å². The Kier molecular flexibility index (Phi) is 5.67. The number of carboxylic acid groups (broad SMARTS) is 1. The first kappa shape index (κ1) is 17.4. The number of carbonyl (C=O) groups excluding carboxylic acids is 1.